The Morgan fingerprint density at radius 3 is 2.78 bits per heavy atom. The Labute approximate surface area is 111 Å². The lowest BCUT2D eigenvalue weighted by atomic mass is 9.85. The van der Waals surface area contributed by atoms with E-state index in [-0.39, 0.29) is 0 Å². The molecule has 0 aromatic heterocycles. The molecule has 0 bridgehead atoms. The minimum atomic E-state index is -0.723. The molecule has 2 atom stereocenters. The van der Waals surface area contributed by atoms with E-state index in [1.807, 2.05) is 0 Å². The molecule has 1 heterocycles. The third-order valence-electron chi connectivity index (χ3n) is 4.18. The van der Waals surface area contributed by atoms with Gasteiger partial charge in [-0.1, -0.05) is 19.2 Å². The first-order valence-corrected chi connectivity index (χ1v) is 7.30. The monoisotopic (exact) mass is 254 g/mol. The van der Waals surface area contributed by atoms with Crippen molar-refractivity contribution in [3.05, 3.63) is 0 Å². The highest BCUT2D eigenvalue weighted by Crippen LogP contribution is 2.24. The minimum absolute atomic E-state index is 0.517. The van der Waals surface area contributed by atoms with Gasteiger partial charge in [-0.3, -0.25) is 4.79 Å². The van der Waals surface area contributed by atoms with Crippen molar-refractivity contribution < 1.29 is 9.90 Å². The summed E-state index contributed by atoms with van der Waals surface area (Å²) in [5.74, 6) is -0.695. The molecule has 1 unspecified atom stereocenters. The average Bonchev–Trinajstić information content (AvgIpc) is 2.86. The van der Waals surface area contributed by atoms with Crippen LogP contribution in [0, 0.1) is 0 Å². The number of rotatable bonds is 9. The molecule has 0 radical (unpaired) electrons. The van der Waals surface area contributed by atoms with Crippen molar-refractivity contribution in [1.29, 1.82) is 0 Å². The van der Waals surface area contributed by atoms with Crippen molar-refractivity contribution in [1.82, 2.24) is 10.6 Å². The van der Waals surface area contributed by atoms with Crippen LogP contribution >= 0.6 is 0 Å². The van der Waals surface area contributed by atoms with Gasteiger partial charge in [0.25, 0.3) is 0 Å². The van der Waals surface area contributed by atoms with Crippen LogP contribution in [-0.4, -0.2) is 44.1 Å². The standard InChI is InChI=1S/C13H27BN2O2/c1-15-13(12(17)18,7-2-3-9-14)8-6-11-5-4-10-16-11/h11,15-16H,2-10,14H2,1H3,(H,17,18)/t11-,13?/m0/s1. The maximum absolute atomic E-state index is 11.6. The second kappa shape index (κ2) is 7.79. The van der Waals surface area contributed by atoms with Crippen molar-refractivity contribution in [2.24, 2.45) is 0 Å². The van der Waals surface area contributed by atoms with Gasteiger partial charge in [0.2, 0.25) is 0 Å². The predicted molar refractivity (Wildman–Crippen MR) is 76.9 cm³/mol. The summed E-state index contributed by atoms with van der Waals surface area (Å²) in [5, 5.41) is 16.0. The molecule has 18 heavy (non-hydrogen) atoms. The van der Waals surface area contributed by atoms with Crippen LogP contribution in [0.1, 0.15) is 44.9 Å². The largest absolute Gasteiger partial charge is 0.480 e. The summed E-state index contributed by atoms with van der Waals surface area (Å²) in [6.07, 6.45) is 8.05. The van der Waals surface area contributed by atoms with Gasteiger partial charge in [0.15, 0.2) is 0 Å². The Hall–Kier alpha value is -0.545. The van der Waals surface area contributed by atoms with Gasteiger partial charge in [0.1, 0.15) is 13.4 Å². The van der Waals surface area contributed by atoms with Gasteiger partial charge in [0, 0.05) is 6.04 Å². The lowest BCUT2D eigenvalue weighted by Crippen LogP contribution is -2.51. The van der Waals surface area contributed by atoms with Crippen LogP contribution < -0.4 is 10.6 Å². The van der Waals surface area contributed by atoms with Crippen LogP contribution in [0.5, 0.6) is 0 Å². The first-order valence-electron chi connectivity index (χ1n) is 7.30. The number of hydrogen-bond donors (Lipinski definition) is 3. The molecule has 1 rings (SSSR count). The van der Waals surface area contributed by atoms with Crippen molar-refractivity contribution >= 4 is 13.8 Å². The summed E-state index contributed by atoms with van der Waals surface area (Å²) < 4.78 is 0. The highest BCUT2D eigenvalue weighted by molar-refractivity contribution is 6.08. The number of carboxylic acid groups (broad SMARTS) is 1. The van der Waals surface area contributed by atoms with Crippen LogP contribution in [-0.2, 0) is 4.79 Å². The molecule has 1 fully saturated rings. The fraction of sp³-hybridized carbons (Fsp3) is 0.923. The van der Waals surface area contributed by atoms with E-state index in [9.17, 15) is 9.90 Å². The molecule has 0 spiro atoms. The van der Waals surface area contributed by atoms with E-state index in [4.69, 9.17) is 0 Å². The van der Waals surface area contributed by atoms with E-state index < -0.39 is 11.5 Å². The Morgan fingerprint density at radius 1 is 1.50 bits per heavy atom. The molecule has 104 valence electrons. The van der Waals surface area contributed by atoms with Gasteiger partial charge in [-0.15, -0.1) is 0 Å². The molecule has 1 aliphatic heterocycles. The van der Waals surface area contributed by atoms with E-state index in [1.165, 1.54) is 12.8 Å². The summed E-state index contributed by atoms with van der Waals surface area (Å²) in [4.78, 5) is 11.6. The van der Waals surface area contributed by atoms with E-state index >= 15 is 0 Å². The second-order valence-electron chi connectivity index (χ2n) is 5.43. The molecular formula is C13H27BN2O2. The highest BCUT2D eigenvalue weighted by Gasteiger charge is 2.36. The maximum atomic E-state index is 11.6. The number of aliphatic carboxylic acids is 1. The number of likely N-dealkylation sites (N-methyl/N-ethyl adjacent to an activating group) is 1. The summed E-state index contributed by atoms with van der Waals surface area (Å²) in [6, 6.07) is 0.517. The van der Waals surface area contributed by atoms with Crippen LogP contribution in [0.3, 0.4) is 0 Å². The molecular weight excluding hydrogens is 227 g/mol. The van der Waals surface area contributed by atoms with Gasteiger partial charge >= 0.3 is 5.97 Å². The smallest absolute Gasteiger partial charge is 0.323 e. The molecule has 0 aliphatic carbocycles. The quantitative estimate of drug-likeness (QED) is 0.420. The topological polar surface area (TPSA) is 61.4 Å². The first kappa shape index (κ1) is 15.5. The second-order valence-corrected chi connectivity index (χ2v) is 5.43. The van der Waals surface area contributed by atoms with Gasteiger partial charge in [-0.05, 0) is 45.7 Å². The van der Waals surface area contributed by atoms with E-state index in [2.05, 4.69) is 18.5 Å². The molecule has 0 amide bonds. The van der Waals surface area contributed by atoms with Crippen LogP contribution in [0.2, 0.25) is 6.32 Å². The average molecular weight is 254 g/mol. The molecule has 0 aromatic rings. The normalized spacial score (nSPS) is 22.8. The summed E-state index contributed by atoms with van der Waals surface area (Å²) in [6.45, 7) is 1.08. The number of hydrogen-bond acceptors (Lipinski definition) is 3. The zero-order valence-electron chi connectivity index (χ0n) is 11.8. The van der Waals surface area contributed by atoms with E-state index in [0.29, 0.717) is 6.04 Å². The molecule has 4 nitrogen and oxygen atoms in total. The van der Waals surface area contributed by atoms with Crippen molar-refractivity contribution in [2.45, 2.75) is 62.8 Å². The summed E-state index contributed by atoms with van der Waals surface area (Å²) >= 11 is 0. The Bertz CT molecular complexity index is 257. The van der Waals surface area contributed by atoms with Crippen molar-refractivity contribution in [3.63, 3.8) is 0 Å². The van der Waals surface area contributed by atoms with Crippen LogP contribution in [0.25, 0.3) is 0 Å². The molecule has 3 N–H and O–H groups in total. The van der Waals surface area contributed by atoms with Gasteiger partial charge < -0.3 is 15.7 Å². The van der Waals surface area contributed by atoms with Gasteiger partial charge in [-0.25, -0.2) is 0 Å². The zero-order chi connectivity index (χ0) is 13.4. The van der Waals surface area contributed by atoms with E-state index in [1.54, 1.807) is 7.05 Å². The molecule has 0 saturated carbocycles. The summed E-state index contributed by atoms with van der Waals surface area (Å²) in [7, 11) is 3.92. The fourth-order valence-electron chi connectivity index (χ4n) is 2.80. The lowest BCUT2D eigenvalue weighted by molar-refractivity contribution is -0.145. The number of nitrogens with one attached hydrogen (secondary N) is 2. The summed E-state index contributed by atoms with van der Waals surface area (Å²) in [5.41, 5.74) is -0.723. The molecule has 5 heteroatoms. The molecule has 0 aromatic carbocycles. The Kier molecular flexibility index (Phi) is 6.72. The van der Waals surface area contributed by atoms with E-state index in [0.717, 1.165) is 45.0 Å². The lowest BCUT2D eigenvalue weighted by Gasteiger charge is -2.30. The number of carbonyl (C=O) groups is 1. The minimum Gasteiger partial charge on any atom is -0.480 e. The third-order valence-corrected chi connectivity index (χ3v) is 4.18. The van der Waals surface area contributed by atoms with Gasteiger partial charge in [0.05, 0.1) is 0 Å². The van der Waals surface area contributed by atoms with Crippen molar-refractivity contribution in [2.75, 3.05) is 13.6 Å². The first-order chi connectivity index (χ1) is 8.64. The Morgan fingerprint density at radius 2 is 2.28 bits per heavy atom. The highest BCUT2D eigenvalue weighted by atomic mass is 16.4. The van der Waals surface area contributed by atoms with Crippen LogP contribution in [0.15, 0.2) is 0 Å². The predicted octanol–water partition coefficient (Wildman–Crippen LogP) is 0.783. The molecule has 1 saturated heterocycles. The number of carboxylic acids is 1. The fourth-order valence-corrected chi connectivity index (χ4v) is 2.80. The number of unbranched alkanes of at least 4 members (excludes halogenated alkanes) is 1. The Balaban J connectivity index is 2.49. The zero-order valence-corrected chi connectivity index (χ0v) is 11.8. The molecule has 1 aliphatic rings. The third kappa shape index (κ3) is 4.28. The SMILES string of the molecule is BCCCCC(CC[C@@H]1CCCN1)(NC)C(=O)O. The maximum Gasteiger partial charge on any atom is 0.323 e. The van der Waals surface area contributed by atoms with Crippen LogP contribution in [0.4, 0.5) is 0 Å². The van der Waals surface area contributed by atoms with Gasteiger partial charge in [-0.2, -0.15) is 0 Å². The van der Waals surface area contributed by atoms with Crippen molar-refractivity contribution in [3.8, 4) is 0 Å².